The maximum Gasteiger partial charge on any atom is 0.223 e. The SMILES string of the molecule is Clc1nc(-c2ccccc2)c(Cl)c(-c2ccccc2)n1. The molecule has 3 aromatic rings. The van der Waals surface area contributed by atoms with Gasteiger partial charge in [-0.15, -0.1) is 0 Å². The van der Waals surface area contributed by atoms with Crippen molar-refractivity contribution in [3.63, 3.8) is 0 Å². The fraction of sp³-hybridized carbons (Fsp3) is 0. The first-order valence-electron chi connectivity index (χ1n) is 6.09. The lowest BCUT2D eigenvalue weighted by molar-refractivity contribution is 1.18. The van der Waals surface area contributed by atoms with Gasteiger partial charge >= 0.3 is 0 Å². The van der Waals surface area contributed by atoms with Gasteiger partial charge in [0.2, 0.25) is 5.28 Å². The Balaban J connectivity index is 2.22. The molecular formula is C16H10Cl2N2. The van der Waals surface area contributed by atoms with Crippen molar-refractivity contribution in [1.82, 2.24) is 9.97 Å². The Bertz CT molecular complexity index is 667. The van der Waals surface area contributed by atoms with Gasteiger partial charge in [-0.1, -0.05) is 72.3 Å². The number of halogens is 2. The predicted molar refractivity (Wildman–Crippen MR) is 82.9 cm³/mol. The highest BCUT2D eigenvalue weighted by Crippen LogP contribution is 2.34. The Morgan fingerprint density at radius 3 is 1.40 bits per heavy atom. The summed E-state index contributed by atoms with van der Waals surface area (Å²) >= 11 is 12.5. The number of nitrogens with zero attached hydrogens (tertiary/aromatic N) is 2. The average Bonchev–Trinajstić information content (AvgIpc) is 2.51. The molecule has 0 saturated heterocycles. The van der Waals surface area contributed by atoms with Gasteiger partial charge in [-0.3, -0.25) is 0 Å². The fourth-order valence-corrected chi connectivity index (χ4v) is 2.47. The monoisotopic (exact) mass is 300 g/mol. The lowest BCUT2D eigenvalue weighted by atomic mass is 10.1. The molecule has 1 heterocycles. The zero-order valence-electron chi connectivity index (χ0n) is 10.4. The summed E-state index contributed by atoms with van der Waals surface area (Å²) < 4.78 is 0. The second-order valence-corrected chi connectivity index (χ2v) is 4.95. The molecule has 0 aliphatic rings. The molecule has 0 aliphatic carbocycles. The third-order valence-electron chi connectivity index (χ3n) is 2.92. The van der Waals surface area contributed by atoms with Crippen molar-refractivity contribution >= 4 is 23.2 Å². The van der Waals surface area contributed by atoms with Crippen molar-refractivity contribution in [1.29, 1.82) is 0 Å². The fourth-order valence-electron chi connectivity index (χ4n) is 1.99. The van der Waals surface area contributed by atoms with E-state index in [2.05, 4.69) is 9.97 Å². The number of hydrogen-bond donors (Lipinski definition) is 0. The second-order valence-electron chi connectivity index (χ2n) is 4.24. The van der Waals surface area contributed by atoms with Crippen LogP contribution in [0.25, 0.3) is 22.5 Å². The molecule has 4 heteroatoms. The lowest BCUT2D eigenvalue weighted by Crippen LogP contribution is -1.94. The molecule has 0 aliphatic heterocycles. The molecule has 0 spiro atoms. The standard InChI is InChI=1S/C16H10Cl2N2/c17-13-14(11-7-3-1-4-8-11)19-16(18)20-15(13)12-9-5-2-6-10-12/h1-10H. The van der Waals surface area contributed by atoms with Crippen molar-refractivity contribution in [2.45, 2.75) is 0 Å². The van der Waals surface area contributed by atoms with Crippen LogP contribution in [0, 0.1) is 0 Å². The summed E-state index contributed by atoms with van der Waals surface area (Å²) in [6.07, 6.45) is 0. The molecule has 0 saturated carbocycles. The van der Waals surface area contributed by atoms with E-state index in [1.54, 1.807) is 0 Å². The zero-order chi connectivity index (χ0) is 13.9. The first kappa shape index (κ1) is 13.1. The van der Waals surface area contributed by atoms with Gasteiger partial charge in [0.1, 0.15) is 0 Å². The van der Waals surface area contributed by atoms with Crippen molar-refractivity contribution in [2.24, 2.45) is 0 Å². The first-order valence-corrected chi connectivity index (χ1v) is 6.85. The van der Waals surface area contributed by atoms with E-state index in [0.717, 1.165) is 11.1 Å². The molecule has 2 nitrogen and oxygen atoms in total. The highest BCUT2D eigenvalue weighted by atomic mass is 35.5. The topological polar surface area (TPSA) is 25.8 Å². The van der Waals surface area contributed by atoms with E-state index in [1.165, 1.54) is 0 Å². The van der Waals surface area contributed by atoms with Crippen LogP contribution in [0.2, 0.25) is 10.3 Å². The maximum absolute atomic E-state index is 6.47. The third kappa shape index (κ3) is 2.53. The summed E-state index contributed by atoms with van der Waals surface area (Å²) in [7, 11) is 0. The molecule has 0 radical (unpaired) electrons. The van der Waals surface area contributed by atoms with Gasteiger partial charge in [-0.2, -0.15) is 0 Å². The Morgan fingerprint density at radius 2 is 1.00 bits per heavy atom. The van der Waals surface area contributed by atoms with Crippen LogP contribution in [-0.2, 0) is 0 Å². The maximum atomic E-state index is 6.47. The van der Waals surface area contributed by atoms with Crippen LogP contribution in [0.1, 0.15) is 0 Å². The Morgan fingerprint density at radius 1 is 0.600 bits per heavy atom. The summed E-state index contributed by atoms with van der Waals surface area (Å²) in [6, 6.07) is 19.4. The third-order valence-corrected chi connectivity index (χ3v) is 3.45. The number of aromatic nitrogens is 2. The molecule has 0 fully saturated rings. The predicted octanol–water partition coefficient (Wildman–Crippen LogP) is 5.12. The summed E-state index contributed by atoms with van der Waals surface area (Å²) in [6.45, 7) is 0. The molecular weight excluding hydrogens is 291 g/mol. The molecule has 0 amide bonds. The van der Waals surface area contributed by atoms with Gasteiger partial charge in [0.25, 0.3) is 0 Å². The summed E-state index contributed by atoms with van der Waals surface area (Å²) in [4.78, 5) is 8.50. The van der Waals surface area contributed by atoms with Crippen molar-refractivity contribution in [3.8, 4) is 22.5 Å². The van der Waals surface area contributed by atoms with Crippen molar-refractivity contribution in [3.05, 3.63) is 71.0 Å². The van der Waals surface area contributed by atoms with E-state index in [1.807, 2.05) is 60.7 Å². The molecule has 1 aromatic heterocycles. The van der Waals surface area contributed by atoms with Crippen LogP contribution in [-0.4, -0.2) is 9.97 Å². The van der Waals surface area contributed by atoms with Crippen LogP contribution in [0.15, 0.2) is 60.7 Å². The van der Waals surface area contributed by atoms with E-state index >= 15 is 0 Å². The normalized spacial score (nSPS) is 10.5. The molecule has 0 unspecified atom stereocenters. The summed E-state index contributed by atoms with van der Waals surface area (Å²) in [5.74, 6) is 0. The number of hydrogen-bond acceptors (Lipinski definition) is 2. The van der Waals surface area contributed by atoms with Crippen LogP contribution in [0.5, 0.6) is 0 Å². The molecule has 2 aromatic carbocycles. The van der Waals surface area contributed by atoms with Crippen LogP contribution < -0.4 is 0 Å². The van der Waals surface area contributed by atoms with E-state index in [4.69, 9.17) is 23.2 Å². The summed E-state index contributed by atoms with van der Waals surface area (Å²) in [5.41, 5.74) is 3.12. The van der Waals surface area contributed by atoms with Crippen LogP contribution in [0.3, 0.4) is 0 Å². The number of benzene rings is 2. The number of rotatable bonds is 2. The van der Waals surface area contributed by atoms with Crippen LogP contribution >= 0.6 is 23.2 Å². The molecule has 0 bridgehead atoms. The largest absolute Gasteiger partial charge is 0.223 e. The first-order chi connectivity index (χ1) is 9.75. The minimum absolute atomic E-state index is 0.187. The molecule has 3 rings (SSSR count). The van der Waals surface area contributed by atoms with Crippen molar-refractivity contribution < 1.29 is 0 Å². The molecule has 20 heavy (non-hydrogen) atoms. The summed E-state index contributed by atoms with van der Waals surface area (Å²) in [5, 5.41) is 0.693. The molecule has 0 atom stereocenters. The van der Waals surface area contributed by atoms with Gasteiger partial charge in [0.15, 0.2) is 0 Å². The smallest absolute Gasteiger partial charge is 0.216 e. The molecule has 98 valence electrons. The van der Waals surface area contributed by atoms with E-state index in [-0.39, 0.29) is 5.28 Å². The molecule has 0 N–H and O–H groups in total. The van der Waals surface area contributed by atoms with Crippen molar-refractivity contribution in [2.75, 3.05) is 0 Å². The Kier molecular flexibility index (Phi) is 3.68. The highest BCUT2D eigenvalue weighted by molar-refractivity contribution is 6.36. The Labute approximate surface area is 127 Å². The van der Waals surface area contributed by atoms with E-state index in [9.17, 15) is 0 Å². The zero-order valence-corrected chi connectivity index (χ0v) is 11.9. The van der Waals surface area contributed by atoms with Gasteiger partial charge in [0.05, 0.1) is 16.4 Å². The highest BCUT2D eigenvalue weighted by Gasteiger charge is 2.14. The van der Waals surface area contributed by atoms with Gasteiger partial charge < -0.3 is 0 Å². The van der Waals surface area contributed by atoms with E-state index < -0.39 is 0 Å². The quantitative estimate of drug-likeness (QED) is 0.614. The minimum atomic E-state index is 0.187. The van der Waals surface area contributed by atoms with Gasteiger partial charge in [-0.25, -0.2) is 9.97 Å². The van der Waals surface area contributed by atoms with Gasteiger partial charge in [0, 0.05) is 11.1 Å². The second kappa shape index (κ2) is 5.61. The average molecular weight is 301 g/mol. The van der Waals surface area contributed by atoms with Crippen LogP contribution in [0.4, 0.5) is 0 Å². The van der Waals surface area contributed by atoms with Gasteiger partial charge in [-0.05, 0) is 11.6 Å². The Hall–Kier alpha value is -1.90. The lowest BCUT2D eigenvalue weighted by Gasteiger charge is -2.09. The minimum Gasteiger partial charge on any atom is -0.216 e. The van der Waals surface area contributed by atoms with E-state index in [0.29, 0.717) is 16.4 Å².